The molecule has 0 aromatic carbocycles. The van der Waals surface area contributed by atoms with Crippen molar-refractivity contribution >= 4 is 23.9 Å². The van der Waals surface area contributed by atoms with Crippen molar-refractivity contribution in [2.24, 2.45) is 11.8 Å². The Hall–Kier alpha value is -3.54. The van der Waals surface area contributed by atoms with Gasteiger partial charge in [0.2, 0.25) is 0 Å². The van der Waals surface area contributed by atoms with Crippen LogP contribution in [0.25, 0.3) is 0 Å². The van der Waals surface area contributed by atoms with Gasteiger partial charge in [0.25, 0.3) is 0 Å². The molecule has 47 heavy (non-hydrogen) atoms. The highest BCUT2D eigenvalue weighted by Crippen LogP contribution is 2.48. The van der Waals surface area contributed by atoms with Gasteiger partial charge in [0.15, 0.2) is 5.79 Å². The fourth-order valence-electron chi connectivity index (χ4n) is 5.81. The smallest absolute Gasteiger partial charge is 0.328 e. The highest BCUT2D eigenvalue weighted by molar-refractivity contribution is 5.81. The van der Waals surface area contributed by atoms with Gasteiger partial charge >= 0.3 is 23.9 Å². The van der Waals surface area contributed by atoms with Crippen LogP contribution in [0.4, 0.5) is 0 Å². The fourth-order valence-corrected chi connectivity index (χ4v) is 5.81. The molecule has 0 bridgehead atoms. The molecule has 0 saturated carbocycles. The van der Waals surface area contributed by atoms with E-state index in [2.05, 4.69) is 6.92 Å². The van der Waals surface area contributed by atoms with Crippen LogP contribution in [-0.2, 0) is 33.4 Å². The zero-order chi connectivity index (χ0) is 35.2. The van der Waals surface area contributed by atoms with Gasteiger partial charge in [-0.2, -0.15) is 0 Å². The average Bonchev–Trinajstić information content (AvgIpc) is 3.01. The van der Waals surface area contributed by atoms with Crippen LogP contribution in [0.15, 0.2) is 59.8 Å². The highest BCUT2D eigenvalue weighted by atomic mass is 16.7. The minimum Gasteiger partial charge on any atom is -0.481 e. The number of hydrogen-bond acceptors (Lipinski definition) is 8. The van der Waals surface area contributed by atoms with Crippen molar-refractivity contribution in [3.05, 3.63) is 59.8 Å². The molecule has 0 radical (unpaired) electrons. The van der Waals surface area contributed by atoms with E-state index in [1.54, 1.807) is 38.2 Å². The van der Waals surface area contributed by atoms with Crippen LogP contribution in [0, 0.1) is 11.8 Å². The van der Waals surface area contributed by atoms with Gasteiger partial charge < -0.3 is 34.6 Å². The standard InChI is InChI=1S/C36H52O11/c1-6-7-19-35(47-34(44)17-16-32(40)41)21-22-36(46-30(35)14-10-25(3)23-33(42)43)20-18-27(5)29(45-36)13-9-24(2)8-12-28(37)26(4)11-15-31(38)39/h8-12,14-15,23,26-30,37H,6-7,13,16-22H2,1-5H3,(H,38,39)(H,40,41)(H,42,43)/b12-8+,14-10+,15-11+,24-9+,25-23+/t26-,27-,28-,29-,30+,35-,36-/m0/s1. The van der Waals surface area contributed by atoms with Crippen LogP contribution in [0.3, 0.4) is 0 Å². The van der Waals surface area contributed by atoms with Crippen LogP contribution in [-0.4, -0.2) is 74.0 Å². The Morgan fingerprint density at radius 2 is 1.66 bits per heavy atom. The lowest BCUT2D eigenvalue weighted by Crippen LogP contribution is -2.59. The summed E-state index contributed by atoms with van der Waals surface area (Å²) in [7, 11) is 0. The van der Waals surface area contributed by atoms with E-state index in [4.69, 9.17) is 24.4 Å². The first-order chi connectivity index (χ1) is 22.1. The Kier molecular flexibility index (Phi) is 15.8. The first kappa shape index (κ1) is 39.6. The third-order valence-corrected chi connectivity index (χ3v) is 8.78. The van der Waals surface area contributed by atoms with Crippen LogP contribution < -0.4 is 0 Å². The number of carboxylic acid groups (broad SMARTS) is 3. The number of ether oxygens (including phenoxy) is 3. The number of aliphatic carboxylic acids is 3. The van der Waals surface area contributed by atoms with Crippen molar-refractivity contribution < 1.29 is 53.8 Å². The number of allylic oxidation sites excluding steroid dienone is 4. The van der Waals surface area contributed by atoms with E-state index in [1.165, 1.54) is 6.08 Å². The van der Waals surface area contributed by atoms with Gasteiger partial charge in [-0.15, -0.1) is 0 Å². The van der Waals surface area contributed by atoms with Gasteiger partial charge in [-0.1, -0.05) is 69.2 Å². The van der Waals surface area contributed by atoms with Gasteiger partial charge in [-0.3, -0.25) is 9.59 Å². The summed E-state index contributed by atoms with van der Waals surface area (Å²) in [5.74, 6) is -4.98. The Balaban J connectivity index is 2.31. The lowest BCUT2D eigenvalue weighted by atomic mass is 9.78. The Labute approximate surface area is 277 Å². The molecule has 2 rings (SSSR count). The molecule has 2 aliphatic rings. The molecule has 0 amide bonds. The minimum absolute atomic E-state index is 0.186. The predicted molar refractivity (Wildman–Crippen MR) is 175 cm³/mol. The first-order valence-electron chi connectivity index (χ1n) is 16.4. The molecule has 7 atom stereocenters. The molecule has 2 saturated heterocycles. The van der Waals surface area contributed by atoms with Crippen molar-refractivity contribution in [2.75, 3.05) is 0 Å². The SMILES string of the molecule is CCCC[C@]1(OC(=O)CCC(=O)O)CC[C@]2(CC[C@H](C)[C@H](C/C=C(C)/C=C/[C@H](O)[C@@H](C)/C=C/C(=O)O)O2)O[C@@H]1/C=C/C(C)=C/C(=O)O. The van der Waals surface area contributed by atoms with Gasteiger partial charge in [-0.05, 0) is 57.4 Å². The molecule has 11 nitrogen and oxygen atoms in total. The summed E-state index contributed by atoms with van der Waals surface area (Å²) in [4.78, 5) is 46.0. The number of aliphatic hydroxyl groups excluding tert-OH is 1. The molecule has 2 heterocycles. The third-order valence-electron chi connectivity index (χ3n) is 8.78. The van der Waals surface area contributed by atoms with Crippen molar-refractivity contribution in [3.63, 3.8) is 0 Å². The Bertz CT molecular complexity index is 1250. The first-order valence-corrected chi connectivity index (χ1v) is 16.4. The molecule has 0 aliphatic carbocycles. The summed E-state index contributed by atoms with van der Waals surface area (Å²) in [6.07, 6.45) is 14.9. The molecule has 0 aromatic heterocycles. The van der Waals surface area contributed by atoms with E-state index < -0.39 is 47.5 Å². The van der Waals surface area contributed by atoms with Crippen LogP contribution in [0.2, 0.25) is 0 Å². The summed E-state index contributed by atoms with van der Waals surface area (Å²) in [5, 5.41) is 37.5. The van der Waals surface area contributed by atoms with Crippen molar-refractivity contribution in [3.8, 4) is 0 Å². The number of carbonyl (C=O) groups excluding carboxylic acids is 1. The normalized spacial score (nSPS) is 28.6. The van der Waals surface area contributed by atoms with Crippen molar-refractivity contribution in [1.29, 1.82) is 0 Å². The largest absolute Gasteiger partial charge is 0.481 e. The second-order valence-electron chi connectivity index (χ2n) is 12.8. The maximum Gasteiger partial charge on any atom is 0.328 e. The number of unbranched alkanes of at least 4 members (excludes halogenated alkanes) is 1. The van der Waals surface area contributed by atoms with Gasteiger partial charge in [-0.25, -0.2) is 9.59 Å². The van der Waals surface area contributed by atoms with Crippen molar-refractivity contribution in [2.45, 2.75) is 129 Å². The molecule has 0 unspecified atom stereocenters. The Morgan fingerprint density at radius 1 is 0.936 bits per heavy atom. The number of carbonyl (C=O) groups is 4. The monoisotopic (exact) mass is 660 g/mol. The van der Waals surface area contributed by atoms with Crippen LogP contribution in [0.1, 0.15) is 98.8 Å². The average molecular weight is 661 g/mol. The summed E-state index contributed by atoms with van der Waals surface area (Å²) in [6, 6.07) is 0. The Morgan fingerprint density at radius 3 is 2.30 bits per heavy atom. The van der Waals surface area contributed by atoms with Gasteiger partial charge in [0, 0.05) is 30.9 Å². The van der Waals surface area contributed by atoms with Crippen LogP contribution in [0.5, 0.6) is 0 Å². The van der Waals surface area contributed by atoms with Gasteiger partial charge in [0.1, 0.15) is 11.7 Å². The lowest BCUT2D eigenvalue weighted by Gasteiger charge is -2.53. The molecule has 2 aliphatic heterocycles. The summed E-state index contributed by atoms with van der Waals surface area (Å²) >= 11 is 0. The van der Waals surface area contributed by atoms with E-state index in [0.29, 0.717) is 37.7 Å². The van der Waals surface area contributed by atoms with E-state index >= 15 is 0 Å². The quantitative estimate of drug-likeness (QED) is 0.0802. The zero-order valence-electron chi connectivity index (χ0n) is 28.2. The second-order valence-corrected chi connectivity index (χ2v) is 12.8. The summed E-state index contributed by atoms with van der Waals surface area (Å²) in [6.45, 7) is 9.44. The molecule has 0 aromatic rings. The molecular formula is C36H52O11. The number of aliphatic hydroxyl groups is 1. The number of esters is 1. The molecule has 262 valence electrons. The fraction of sp³-hybridized carbons (Fsp3) is 0.611. The highest BCUT2D eigenvalue weighted by Gasteiger charge is 2.54. The maximum atomic E-state index is 12.9. The molecule has 11 heteroatoms. The van der Waals surface area contributed by atoms with E-state index in [9.17, 15) is 29.4 Å². The second kappa shape index (κ2) is 18.7. The predicted octanol–water partition coefficient (Wildman–Crippen LogP) is 6.13. The van der Waals surface area contributed by atoms with Gasteiger partial charge in [0.05, 0.1) is 25.0 Å². The lowest BCUT2D eigenvalue weighted by molar-refractivity contribution is -0.344. The number of carboxylic acids is 3. The maximum absolute atomic E-state index is 12.9. The molecule has 1 spiro atoms. The van der Waals surface area contributed by atoms with E-state index in [1.807, 2.05) is 19.9 Å². The van der Waals surface area contributed by atoms with Crippen LogP contribution >= 0.6 is 0 Å². The van der Waals surface area contributed by atoms with E-state index in [-0.39, 0.29) is 30.8 Å². The van der Waals surface area contributed by atoms with Crippen molar-refractivity contribution in [1.82, 2.24) is 0 Å². The third kappa shape index (κ3) is 13.2. The van der Waals surface area contributed by atoms with E-state index in [0.717, 1.165) is 37.0 Å². The zero-order valence-corrected chi connectivity index (χ0v) is 28.2. The number of hydrogen-bond donors (Lipinski definition) is 4. The molecular weight excluding hydrogens is 608 g/mol. The molecule has 2 fully saturated rings. The topological polar surface area (TPSA) is 177 Å². The number of rotatable bonds is 17. The summed E-state index contributed by atoms with van der Waals surface area (Å²) in [5.41, 5.74) is 0.314. The minimum atomic E-state index is -1.09. The summed E-state index contributed by atoms with van der Waals surface area (Å²) < 4.78 is 19.5. The molecule has 4 N–H and O–H groups in total.